The van der Waals surface area contributed by atoms with Gasteiger partial charge in [-0.1, -0.05) is 6.07 Å². The first kappa shape index (κ1) is 13.5. The molecule has 0 saturated carbocycles. The third-order valence-corrected chi connectivity index (χ3v) is 4.53. The molecule has 0 radical (unpaired) electrons. The van der Waals surface area contributed by atoms with Crippen molar-refractivity contribution >= 4 is 26.5 Å². The maximum absolute atomic E-state index is 12.2. The molecule has 3 rings (SSSR count). The van der Waals surface area contributed by atoms with Crippen LogP contribution in [0.1, 0.15) is 5.69 Å². The number of fused-ring (bicyclic) bond motifs is 1. The molecule has 2 aromatic heterocycles. The van der Waals surface area contributed by atoms with Gasteiger partial charge in [0.15, 0.2) is 0 Å². The highest BCUT2D eigenvalue weighted by Crippen LogP contribution is 2.22. The highest BCUT2D eigenvalue weighted by atomic mass is 32.2. The van der Waals surface area contributed by atoms with Gasteiger partial charge < -0.3 is 0 Å². The van der Waals surface area contributed by atoms with Crippen molar-refractivity contribution in [1.82, 2.24) is 9.97 Å². The van der Waals surface area contributed by atoms with E-state index in [0.717, 1.165) is 16.5 Å². The molecule has 1 N–H and O–H groups in total. The maximum Gasteiger partial charge on any atom is 0.263 e. The largest absolute Gasteiger partial charge is 0.280 e. The molecular formula is C15H13N3O2S. The molecule has 106 valence electrons. The molecular weight excluding hydrogens is 286 g/mol. The number of hydrogen-bond donors (Lipinski definition) is 1. The maximum atomic E-state index is 12.2. The van der Waals surface area contributed by atoms with Crippen molar-refractivity contribution in [2.75, 3.05) is 4.72 Å². The molecule has 0 aliphatic carbocycles. The summed E-state index contributed by atoms with van der Waals surface area (Å²) < 4.78 is 27.0. The Morgan fingerprint density at radius 1 is 1.10 bits per heavy atom. The van der Waals surface area contributed by atoms with E-state index in [0.29, 0.717) is 5.69 Å². The lowest BCUT2D eigenvalue weighted by molar-refractivity contribution is 0.601. The number of nitrogens with zero attached hydrogens (tertiary/aromatic N) is 2. The summed E-state index contributed by atoms with van der Waals surface area (Å²) in [5, 5.41) is 1.94. The van der Waals surface area contributed by atoms with Crippen LogP contribution in [0.4, 0.5) is 5.69 Å². The second-order valence-electron chi connectivity index (χ2n) is 4.63. The van der Waals surface area contributed by atoms with Crippen LogP contribution < -0.4 is 4.72 Å². The second kappa shape index (κ2) is 5.14. The Labute approximate surface area is 122 Å². The third-order valence-electron chi connectivity index (χ3n) is 3.16. The first-order valence-corrected chi connectivity index (χ1v) is 7.83. The number of rotatable bonds is 3. The van der Waals surface area contributed by atoms with Gasteiger partial charge in [0, 0.05) is 35.4 Å². The van der Waals surface area contributed by atoms with Crippen molar-refractivity contribution in [3.05, 3.63) is 60.7 Å². The molecule has 0 unspecified atom stereocenters. The number of nitrogens with one attached hydrogen (secondary N) is 1. The summed E-state index contributed by atoms with van der Waals surface area (Å²) in [4.78, 5) is 8.17. The Kier molecular flexibility index (Phi) is 3.31. The van der Waals surface area contributed by atoms with Crippen LogP contribution in [-0.4, -0.2) is 18.4 Å². The average Bonchev–Trinajstić information content (AvgIpc) is 2.48. The number of aromatic nitrogens is 2. The smallest absolute Gasteiger partial charge is 0.263 e. The van der Waals surface area contributed by atoms with E-state index in [-0.39, 0.29) is 4.90 Å². The first-order valence-electron chi connectivity index (χ1n) is 6.34. The lowest BCUT2D eigenvalue weighted by atomic mass is 10.1. The number of aryl methyl sites for hydroxylation is 1. The van der Waals surface area contributed by atoms with Crippen molar-refractivity contribution in [2.45, 2.75) is 11.8 Å². The number of sulfonamides is 1. The normalized spacial score (nSPS) is 11.5. The predicted octanol–water partition coefficient (Wildman–Crippen LogP) is 2.74. The van der Waals surface area contributed by atoms with E-state index in [2.05, 4.69) is 14.7 Å². The molecule has 3 aromatic rings. The molecule has 0 saturated heterocycles. The van der Waals surface area contributed by atoms with Gasteiger partial charge >= 0.3 is 0 Å². The zero-order valence-corrected chi connectivity index (χ0v) is 12.1. The van der Waals surface area contributed by atoms with Gasteiger partial charge in [-0.3, -0.25) is 14.7 Å². The van der Waals surface area contributed by atoms with Gasteiger partial charge in [-0.05, 0) is 42.6 Å². The number of benzene rings is 1. The molecule has 0 fully saturated rings. The Bertz CT molecular complexity index is 893. The monoisotopic (exact) mass is 299 g/mol. The summed E-state index contributed by atoms with van der Waals surface area (Å²) in [5.41, 5.74) is 1.42. The molecule has 0 spiro atoms. The Morgan fingerprint density at radius 3 is 2.71 bits per heavy atom. The first-order chi connectivity index (χ1) is 10.1. The summed E-state index contributed by atoms with van der Waals surface area (Å²) in [6.07, 6.45) is 4.55. The fourth-order valence-corrected chi connectivity index (χ4v) is 3.13. The van der Waals surface area contributed by atoms with Crippen molar-refractivity contribution in [2.24, 2.45) is 0 Å². The highest BCUT2D eigenvalue weighted by Gasteiger charge is 2.14. The van der Waals surface area contributed by atoms with Gasteiger partial charge in [0.25, 0.3) is 10.0 Å². The van der Waals surface area contributed by atoms with E-state index >= 15 is 0 Å². The summed E-state index contributed by atoms with van der Waals surface area (Å²) in [7, 11) is -3.62. The minimum Gasteiger partial charge on any atom is -0.280 e. The SMILES string of the molecule is Cc1nccc2cc(NS(=O)(=O)c3cccnc3)ccc12. The fourth-order valence-electron chi connectivity index (χ4n) is 2.11. The van der Waals surface area contributed by atoms with Crippen LogP contribution in [0.2, 0.25) is 0 Å². The Hall–Kier alpha value is -2.47. The molecule has 6 heteroatoms. The summed E-state index contributed by atoms with van der Waals surface area (Å²) in [6, 6.07) is 10.3. The molecule has 0 aliphatic heterocycles. The number of anilines is 1. The van der Waals surface area contributed by atoms with Gasteiger partial charge in [-0.2, -0.15) is 0 Å². The fraction of sp³-hybridized carbons (Fsp3) is 0.0667. The van der Waals surface area contributed by atoms with Crippen LogP contribution in [0.15, 0.2) is 59.9 Å². The zero-order valence-electron chi connectivity index (χ0n) is 11.3. The van der Waals surface area contributed by atoms with E-state index < -0.39 is 10.0 Å². The van der Waals surface area contributed by atoms with E-state index in [1.807, 2.05) is 19.1 Å². The van der Waals surface area contributed by atoms with Gasteiger partial charge in [0.05, 0.1) is 0 Å². The van der Waals surface area contributed by atoms with E-state index in [1.54, 1.807) is 24.4 Å². The molecule has 5 nitrogen and oxygen atoms in total. The van der Waals surface area contributed by atoms with Crippen LogP contribution in [0.5, 0.6) is 0 Å². The quantitative estimate of drug-likeness (QED) is 0.807. The standard InChI is InChI=1S/C15H13N3O2S/c1-11-15-5-4-13(9-12(15)6-8-17-11)18-21(19,20)14-3-2-7-16-10-14/h2-10,18H,1H3. The third kappa shape index (κ3) is 2.71. The Balaban J connectivity index is 1.99. The second-order valence-corrected chi connectivity index (χ2v) is 6.31. The van der Waals surface area contributed by atoms with Crippen molar-refractivity contribution in [1.29, 1.82) is 0 Å². The minimum atomic E-state index is -3.62. The molecule has 0 amide bonds. The molecule has 0 atom stereocenters. The topological polar surface area (TPSA) is 72.0 Å². The van der Waals surface area contributed by atoms with Crippen LogP contribution in [0.3, 0.4) is 0 Å². The summed E-state index contributed by atoms with van der Waals surface area (Å²) >= 11 is 0. The van der Waals surface area contributed by atoms with Crippen molar-refractivity contribution < 1.29 is 8.42 Å². The van der Waals surface area contributed by atoms with Crippen molar-refractivity contribution in [3.8, 4) is 0 Å². The van der Waals surface area contributed by atoms with Gasteiger partial charge in [-0.15, -0.1) is 0 Å². The number of pyridine rings is 2. The molecule has 21 heavy (non-hydrogen) atoms. The van der Waals surface area contributed by atoms with E-state index in [1.165, 1.54) is 18.5 Å². The number of hydrogen-bond acceptors (Lipinski definition) is 4. The van der Waals surface area contributed by atoms with Gasteiger partial charge in [-0.25, -0.2) is 8.42 Å². The van der Waals surface area contributed by atoms with Crippen LogP contribution in [0.25, 0.3) is 10.8 Å². The molecule has 0 bridgehead atoms. The highest BCUT2D eigenvalue weighted by molar-refractivity contribution is 7.92. The predicted molar refractivity (Wildman–Crippen MR) is 81.5 cm³/mol. The zero-order chi connectivity index (χ0) is 14.9. The Morgan fingerprint density at radius 2 is 1.95 bits per heavy atom. The van der Waals surface area contributed by atoms with Gasteiger partial charge in [0.1, 0.15) is 4.90 Å². The lowest BCUT2D eigenvalue weighted by Crippen LogP contribution is -2.13. The van der Waals surface area contributed by atoms with Crippen molar-refractivity contribution in [3.63, 3.8) is 0 Å². The molecule has 2 heterocycles. The van der Waals surface area contributed by atoms with Crippen LogP contribution in [-0.2, 0) is 10.0 Å². The summed E-state index contributed by atoms with van der Waals surface area (Å²) in [5.74, 6) is 0. The summed E-state index contributed by atoms with van der Waals surface area (Å²) in [6.45, 7) is 1.92. The lowest BCUT2D eigenvalue weighted by Gasteiger charge is -2.09. The van der Waals surface area contributed by atoms with E-state index in [4.69, 9.17) is 0 Å². The molecule has 1 aromatic carbocycles. The van der Waals surface area contributed by atoms with Gasteiger partial charge in [0.2, 0.25) is 0 Å². The minimum absolute atomic E-state index is 0.135. The van der Waals surface area contributed by atoms with E-state index in [9.17, 15) is 8.42 Å². The molecule has 0 aliphatic rings. The average molecular weight is 299 g/mol. The van der Waals surface area contributed by atoms with Crippen LogP contribution >= 0.6 is 0 Å². The van der Waals surface area contributed by atoms with Crippen LogP contribution in [0, 0.1) is 6.92 Å².